The zero-order chi connectivity index (χ0) is 22.1. The van der Waals surface area contributed by atoms with Crippen molar-refractivity contribution >= 4 is 23.4 Å². The van der Waals surface area contributed by atoms with E-state index in [2.05, 4.69) is 10.6 Å². The Morgan fingerprint density at radius 1 is 1.27 bits per heavy atom. The Balaban J connectivity index is 1.73. The van der Waals surface area contributed by atoms with Gasteiger partial charge in [-0.25, -0.2) is 0 Å². The van der Waals surface area contributed by atoms with Gasteiger partial charge in [0.05, 0.1) is 11.5 Å². The topological polar surface area (TPSA) is 81.7 Å². The van der Waals surface area contributed by atoms with Crippen LogP contribution < -0.4 is 10.6 Å². The Morgan fingerprint density at radius 2 is 1.93 bits per heavy atom. The fourth-order valence-electron chi connectivity index (χ4n) is 4.63. The molecule has 2 amide bonds. The molecule has 0 aromatic heterocycles. The predicted octanol–water partition coefficient (Wildman–Crippen LogP) is 2.54. The Bertz CT molecular complexity index is 774. The van der Waals surface area contributed by atoms with E-state index in [0.29, 0.717) is 31.1 Å². The molecule has 166 valence electrons. The monoisotopic (exact) mass is 435 g/mol. The molecule has 7 heteroatoms. The summed E-state index contributed by atoms with van der Waals surface area (Å²) in [6.07, 6.45) is 1.23. The van der Waals surface area contributed by atoms with Crippen LogP contribution in [0.5, 0.6) is 0 Å². The van der Waals surface area contributed by atoms with Crippen molar-refractivity contribution in [1.29, 1.82) is 0 Å². The molecule has 1 aromatic carbocycles. The quantitative estimate of drug-likeness (QED) is 0.663. The third-order valence-electron chi connectivity index (χ3n) is 6.74. The molecule has 0 radical (unpaired) electrons. The van der Waals surface area contributed by atoms with Crippen LogP contribution in [0.4, 0.5) is 0 Å². The standard InChI is InChI=1S/C23H34ClN3O3/c1-15(2)19(26-20(28)16-9-11-25-13-16)21(29)27-12-10-23(30,22(3,4)14-27)17-5-7-18(24)8-6-17/h5-8,15-16,19,25,30H,9-14H2,1-4H3,(H,26,28)/t16-,19-,23+/m1/s1. The highest BCUT2D eigenvalue weighted by molar-refractivity contribution is 6.30. The van der Waals surface area contributed by atoms with Crippen LogP contribution in [0.3, 0.4) is 0 Å². The summed E-state index contributed by atoms with van der Waals surface area (Å²) in [4.78, 5) is 27.8. The minimum atomic E-state index is -1.06. The molecule has 0 unspecified atom stereocenters. The molecule has 0 saturated carbocycles. The van der Waals surface area contributed by atoms with E-state index < -0.39 is 17.1 Å². The first-order valence-electron chi connectivity index (χ1n) is 10.8. The van der Waals surface area contributed by atoms with Crippen molar-refractivity contribution in [3.05, 3.63) is 34.9 Å². The maximum Gasteiger partial charge on any atom is 0.245 e. The number of carbonyl (C=O) groups is 2. The third kappa shape index (κ3) is 4.51. The summed E-state index contributed by atoms with van der Waals surface area (Å²) in [5, 5.41) is 18.4. The smallest absolute Gasteiger partial charge is 0.245 e. The fourth-order valence-corrected chi connectivity index (χ4v) is 4.76. The van der Waals surface area contributed by atoms with E-state index >= 15 is 0 Å². The molecule has 0 aliphatic carbocycles. The molecule has 2 heterocycles. The number of likely N-dealkylation sites (tertiary alicyclic amines) is 1. The number of rotatable bonds is 5. The normalized spacial score (nSPS) is 27.2. The summed E-state index contributed by atoms with van der Waals surface area (Å²) < 4.78 is 0. The van der Waals surface area contributed by atoms with Crippen LogP contribution in [0, 0.1) is 17.3 Å². The van der Waals surface area contributed by atoms with Gasteiger partial charge in [0.25, 0.3) is 0 Å². The summed E-state index contributed by atoms with van der Waals surface area (Å²) in [5.74, 6) is -0.223. The second-order valence-electron chi connectivity index (χ2n) is 9.68. The minimum absolute atomic E-state index is 0.0176. The molecule has 2 aliphatic heterocycles. The van der Waals surface area contributed by atoms with Gasteiger partial charge in [0, 0.05) is 30.1 Å². The van der Waals surface area contributed by atoms with Crippen LogP contribution in [0.15, 0.2) is 24.3 Å². The number of halogens is 1. The highest BCUT2D eigenvalue weighted by Gasteiger charge is 2.50. The van der Waals surface area contributed by atoms with Gasteiger partial charge in [-0.05, 0) is 43.0 Å². The molecule has 2 saturated heterocycles. The second kappa shape index (κ2) is 8.85. The molecule has 0 bridgehead atoms. The maximum atomic E-state index is 13.4. The SMILES string of the molecule is CC(C)[C@@H](NC(=O)[C@@H]1CCNC1)C(=O)N1CC[C@](O)(c2ccc(Cl)cc2)C(C)(C)C1. The number of nitrogens with zero attached hydrogens (tertiary/aromatic N) is 1. The number of hydrogen-bond acceptors (Lipinski definition) is 4. The first-order chi connectivity index (χ1) is 14.0. The van der Waals surface area contributed by atoms with Crippen molar-refractivity contribution in [2.45, 2.75) is 52.2 Å². The van der Waals surface area contributed by atoms with E-state index in [1.807, 2.05) is 39.8 Å². The molecular formula is C23H34ClN3O3. The lowest BCUT2D eigenvalue weighted by molar-refractivity contribution is -0.157. The van der Waals surface area contributed by atoms with Gasteiger partial charge < -0.3 is 20.6 Å². The van der Waals surface area contributed by atoms with Gasteiger partial charge in [-0.15, -0.1) is 0 Å². The predicted molar refractivity (Wildman–Crippen MR) is 118 cm³/mol. The van der Waals surface area contributed by atoms with Gasteiger partial charge in [0.15, 0.2) is 0 Å². The number of piperidine rings is 1. The van der Waals surface area contributed by atoms with Crippen LogP contribution in [0.25, 0.3) is 0 Å². The first-order valence-corrected chi connectivity index (χ1v) is 11.2. The molecule has 1 aromatic rings. The van der Waals surface area contributed by atoms with Gasteiger partial charge in [0.1, 0.15) is 6.04 Å². The van der Waals surface area contributed by atoms with E-state index in [4.69, 9.17) is 11.6 Å². The third-order valence-corrected chi connectivity index (χ3v) is 7.00. The van der Waals surface area contributed by atoms with E-state index in [0.717, 1.165) is 18.5 Å². The maximum absolute atomic E-state index is 13.4. The van der Waals surface area contributed by atoms with Crippen LogP contribution in [-0.2, 0) is 15.2 Å². The van der Waals surface area contributed by atoms with E-state index in [9.17, 15) is 14.7 Å². The lowest BCUT2D eigenvalue weighted by Crippen LogP contribution is -2.60. The first kappa shape index (κ1) is 23.0. The lowest BCUT2D eigenvalue weighted by Gasteiger charge is -2.51. The Kier molecular flexibility index (Phi) is 6.80. The molecule has 2 fully saturated rings. The molecular weight excluding hydrogens is 402 g/mol. The van der Waals surface area contributed by atoms with Crippen molar-refractivity contribution < 1.29 is 14.7 Å². The Hall–Kier alpha value is -1.63. The fraction of sp³-hybridized carbons (Fsp3) is 0.652. The highest BCUT2D eigenvalue weighted by Crippen LogP contribution is 2.46. The van der Waals surface area contributed by atoms with Crippen molar-refractivity contribution in [2.24, 2.45) is 17.3 Å². The molecule has 6 nitrogen and oxygen atoms in total. The average molecular weight is 436 g/mol. The summed E-state index contributed by atoms with van der Waals surface area (Å²) in [6.45, 7) is 10.2. The zero-order valence-electron chi connectivity index (χ0n) is 18.4. The number of aliphatic hydroxyl groups is 1. The van der Waals surface area contributed by atoms with Gasteiger partial charge >= 0.3 is 0 Å². The molecule has 3 rings (SSSR count). The second-order valence-corrected chi connectivity index (χ2v) is 10.1. The van der Waals surface area contributed by atoms with Crippen LogP contribution in [0.2, 0.25) is 5.02 Å². The molecule has 30 heavy (non-hydrogen) atoms. The molecule has 3 atom stereocenters. The summed E-state index contributed by atoms with van der Waals surface area (Å²) in [7, 11) is 0. The van der Waals surface area contributed by atoms with Crippen molar-refractivity contribution in [3.8, 4) is 0 Å². The van der Waals surface area contributed by atoms with Crippen LogP contribution in [0.1, 0.15) is 46.1 Å². The molecule has 3 N–H and O–H groups in total. The van der Waals surface area contributed by atoms with Crippen molar-refractivity contribution in [3.63, 3.8) is 0 Å². The molecule has 0 spiro atoms. The van der Waals surface area contributed by atoms with Crippen molar-refractivity contribution in [1.82, 2.24) is 15.5 Å². The minimum Gasteiger partial charge on any atom is -0.384 e. The number of benzene rings is 1. The zero-order valence-corrected chi connectivity index (χ0v) is 19.1. The van der Waals surface area contributed by atoms with Crippen LogP contribution in [-0.4, -0.2) is 54.0 Å². The largest absolute Gasteiger partial charge is 0.384 e. The number of hydrogen-bond donors (Lipinski definition) is 3. The van der Waals surface area contributed by atoms with Gasteiger partial charge in [0.2, 0.25) is 11.8 Å². The van der Waals surface area contributed by atoms with Crippen molar-refractivity contribution in [2.75, 3.05) is 26.2 Å². The Labute approximate surface area is 184 Å². The highest BCUT2D eigenvalue weighted by atomic mass is 35.5. The molecule has 2 aliphatic rings. The number of carbonyl (C=O) groups excluding carboxylic acids is 2. The average Bonchev–Trinajstić information content (AvgIpc) is 3.22. The van der Waals surface area contributed by atoms with Gasteiger partial charge in [-0.2, -0.15) is 0 Å². The summed E-state index contributed by atoms with van der Waals surface area (Å²) in [5.41, 5.74) is -0.803. The van der Waals surface area contributed by atoms with Gasteiger partial charge in [-0.3, -0.25) is 9.59 Å². The van der Waals surface area contributed by atoms with Gasteiger partial charge in [-0.1, -0.05) is 51.4 Å². The number of nitrogens with one attached hydrogen (secondary N) is 2. The van der Waals surface area contributed by atoms with Crippen LogP contribution >= 0.6 is 11.6 Å². The number of amides is 2. The summed E-state index contributed by atoms with van der Waals surface area (Å²) in [6, 6.07) is 6.72. The summed E-state index contributed by atoms with van der Waals surface area (Å²) >= 11 is 6.01. The van der Waals surface area contributed by atoms with E-state index in [1.165, 1.54) is 0 Å². The van der Waals surface area contributed by atoms with E-state index in [-0.39, 0.29) is 23.7 Å². The lowest BCUT2D eigenvalue weighted by atomic mass is 9.66. The Morgan fingerprint density at radius 3 is 2.47 bits per heavy atom. The van der Waals surface area contributed by atoms with E-state index in [1.54, 1.807) is 17.0 Å².